The SMILES string of the molecule is O=C1NCc2c(-c3ccccc3Cl)cc(CN3CCC(n4cccn4)CC3)cc2N1c1c(Cl)cccc1Cl. The van der Waals surface area contributed by atoms with Gasteiger partial charge in [-0.3, -0.25) is 14.5 Å². The summed E-state index contributed by atoms with van der Waals surface area (Å²) in [6, 6.07) is 19.5. The third-order valence-corrected chi connectivity index (χ3v) is 8.27. The van der Waals surface area contributed by atoms with Gasteiger partial charge in [-0.2, -0.15) is 5.10 Å². The van der Waals surface area contributed by atoms with Crippen molar-refractivity contribution in [3.63, 3.8) is 0 Å². The number of aromatic nitrogens is 2. The maximum Gasteiger partial charge on any atom is 0.326 e. The third kappa shape index (κ3) is 4.78. The van der Waals surface area contributed by atoms with Gasteiger partial charge in [0.05, 0.1) is 27.5 Å². The number of nitrogens with zero attached hydrogens (tertiary/aromatic N) is 4. The van der Waals surface area contributed by atoms with Crippen molar-refractivity contribution >= 4 is 52.2 Å². The van der Waals surface area contributed by atoms with E-state index < -0.39 is 0 Å². The van der Waals surface area contributed by atoms with E-state index in [0.29, 0.717) is 33.3 Å². The van der Waals surface area contributed by atoms with Crippen molar-refractivity contribution in [3.05, 3.63) is 99.3 Å². The summed E-state index contributed by atoms with van der Waals surface area (Å²) in [7, 11) is 0. The number of nitrogens with one attached hydrogen (secondary N) is 1. The quantitative estimate of drug-likeness (QED) is 0.269. The van der Waals surface area contributed by atoms with Crippen molar-refractivity contribution in [2.45, 2.75) is 32.0 Å². The van der Waals surface area contributed by atoms with E-state index in [1.807, 2.05) is 42.7 Å². The highest BCUT2D eigenvalue weighted by Gasteiger charge is 2.32. The van der Waals surface area contributed by atoms with Crippen LogP contribution in [0.2, 0.25) is 15.1 Å². The molecule has 4 aromatic rings. The largest absolute Gasteiger partial charge is 0.333 e. The van der Waals surface area contributed by atoms with Crippen LogP contribution in [0.1, 0.15) is 30.0 Å². The molecule has 1 N–H and O–H groups in total. The van der Waals surface area contributed by atoms with Crippen molar-refractivity contribution < 1.29 is 4.79 Å². The zero-order chi connectivity index (χ0) is 26.2. The summed E-state index contributed by atoms with van der Waals surface area (Å²) in [5.74, 6) is 0. The predicted octanol–water partition coefficient (Wildman–Crippen LogP) is 7.71. The van der Waals surface area contributed by atoms with E-state index >= 15 is 0 Å². The molecule has 0 saturated carbocycles. The Bertz CT molecular complexity index is 1460. The molecule has 0 unspecified atom stereocenters. The molecule has 1 aromatic heterocycles. The van der Waals surface area contributed by atoms with Crippen LogP contribution in [-0.2, 0) is 13.1 Å². The number of para-hydroxylation sites is 1. The number of piperidine rings is 1. The predicted molar refractivity (Wildman–Crippen MR) is 153 cm³/mol. The summed E-state index contributed by atoms with van der Waals surface area (Å²) >= 11 is 19.9. The summed E-state index contributed by atoms with van der Waals surface area (Å²) in [4.78, 5) is 17.3. The smallest absolute Gasteiger partial charge is 0.326 e. The number of rotatable bonds is 5. The van der Waals surface area contributed by atoms with Crippen molar-refractivity contribution in [1.29, 1.82) is 0 Å². The Labute approximate surface area is 236 Å². The average molecular weight is 567 g/mol. The molecule has 1 fully saturated rings. The molecule has 2 aliphatic rings. The molecule has 0 aliphatic carbocycles. The van der Waals surface area contributed by atoms with Crippen LogP contribution in [-0.4, -0.2) is 33.8 Å². The Morgan fingerprint density at radius 1 is 0.895 bits per heavy atom. The Hall–Kier alpha value is -3.03. The number of fused-ring (bicyclic) bond motifs is 1. The number of hydrogen-bond acceptors (Lipinski definition) is 3. The zero-order valence-corrected chi connectivity index (χ0v) is 22.8. The van der Waals surface area contributed by atoms with Gasteiger partial charge in [-0.05, 0) is 60.4 Å². The van der Waals surface area contributed by atoms with Gasteiger partial charge in [-0.25, -0.2) is 4.79 Å². The fourth-order valence-corrected chi connectivity index (χ4v) is 6.29. The molecule has 1 saturated heterocycles. The van der Waals surface area contributed by atoms with Crippen LogP contribution < -0.4 is 10.2 Å². The molecule has 3 aromatic carbocycles. The maximum absolute atomic E-state index is 13.3. The third-order valence-electron chi connectivity index (χ3n) is 7.33. The minimum atomic E-state index is -0.269. The van der Waals surface area contributed by atoms with Crippen molar-refractivity contribution in [1.82, 2.24) is 20.0 Å². The fraction of sp³-hybridized carbons (Fsp3) is 0.241. The number of amides is 2. The Kier molecular flexibility index (Phi) is 7.06. The van der Waals surface area contributed by atoms with Gasteiger partial charge in [0.25, 0.3) is 0 Å². The molecule has 6 nitrogen and oxygen atoms in total. The lowest BCUT2D eigenvalue weighted by Gasteiger charge is -2.35. The first-order valence-corrected chi connectivity index (χ1v) is 13.8. The van der Waals surface area contributed by atoms with E-state index in [4.69, 9.17) is 34.8 Å². The number of carbonyl (C=O) groups excluding carboxylic acids is 1. The highest BCUT2D eigenvalue weighted by molar-refractivity contribution is 6.40. The van der Waals surface area contributed by atoms with Gasteiger partial charge in [0.1, 0.15) is 0 Å². The number of hydrogen-bond donors (Lipinski definition) is 1. The van der Waals surface area contributed by atoms with Crippen molar-refractivity contribution in [3.8, 4) is 11.1 Å². The molecule has 6 rings (SSSR count). The normalized spacial score (nSPS) is 16.4. The van der Waals surface area contributed by atoms with E-state index in [-0.39, 0.29) is 6.03 Å². The lowest BCUT2D eigenvalue weighted by Crippen LogP contribution is -2.42. The van der Waals surface area contributed by atoms with E-state index in [1.54, 1.807) is 23.1 Å². The monoisotopic (exact) mass is 565 g/mol. The Morgan fingerprint density at radius 2 is 1.63 bits per heavy atom. The van der Waals surface area contributed by atoms with E-state index in [0.717, 1.165) is 60.4 Å². The molecule has 0 radical (unpaired) electrons. The van der Waals surface area contributed by atoms with Crippen LogP contribution >= 0.6 is 34.8 Å². The first-order valence-electron chi connectivity index (χ1n) is 12.6. The standard InChI is InChI=1S/C29H26Cl3N5O/c30-24-6-2-1-5-21(24)22-15-19(18-35-13-9-20(10-14-35)36-12-4-11-34-36)16-27-23(22)17-33-29(38)37(27)28-25(31)7-3-8-26(28)32/h1-8,11-12,15-16,20H,9-10,13-14,17-18H2,(H,33,38). The zero-order valence-electron chi connectivity index (χ0n) is 20.6. The number of urea groups is 1. The van der Waals surface area contributed by atoms with Gasteiger partial charge in [0.15, 0.2) is 0 Å². The van der Waals surface area contributed by atoms with E-state index in [1.165, 1.54) is 0 Å². The lowest BCUT2D eigenvalue weighted by atomic mass is 9.93. The topological polar surface area (TPSA) is 53.4 Å². The van der Waals surface area contributed by atoms with Crippen molar-refractivity contribution in [2.24, 2.45) is 0 Å². The molecular formula is C29H26Cl3N5O. The molecule has 0 bridgehead atoms. The second-order valence-corrected chi connectivity index (χ2v) is 10.9. The molecule has 2 amide bonds. The Morgan fingerprint density at radius 3 is 2.34 bits per heavy atom. The molecule has 194 valence electrons. The molecular weight excluding hydrogens is 541 g/mol. The van der Waals surface area contributed by atoms with Gasteiger partial charge >= 0.3 is 6.03 Å². The fourth-order valence-electron chi connectivity index (χ4n) is 5.49. The first kappa shape index (κ1) is 25.3. The summed E-state index contributed by atoms with van der Waals surface area (Å²) < 4.78 is 2.07. The second kappa shape index (κ2) is 10.6. The summed E-state index contributed by atoms with van der Waals surface area (Å²) in [6.45, 7) is 3.05. The number of likely N-dealkylation sites (tertiary alicyclic amines) is 1. The molecule has 0 spiro atoms. The highest BCUT2D eigenvalue weighted by atomic mass is 35.5. The number of benzene rings is 3. The first-order chi connectivity index (χ1) is 18.5. The van der Waals surface area contributed by atoms with Crippen LogP contribution in [0, 0.1) is 0 Å². The van der Waals surface area contributed by atoms with Gasteiger partial charge in [0.2, 0.25) is 0 Å². The minimum absolute atomic E-state index is 0.269. The molecule has 0 atom stereocenters. The van der Waals surface area contributed by atoms with Crippen LogP contribution in [0.3, 0.4) is 0 Å². The van der Waals surface area contributed by atoms with Crippen LogP contribution in [0.25, 0.3) is 11.1 Å². The second-order valence-electron chi connectivity index (χ2n) is 9.68. The van der Waals surface area contributed by atoms with Gasteiger partial charge in [-0.1, -0.05) is 59.1 Å². The minimum Gasteiger partial charge on any atom is -0.333 e. The van der Waals surface area contributed by atoms with Gasteiger partial charge in [0, 0.05) is 54.7 Å². The molecule has 3 heterocycles. The number of halogens is 3. The molecule has 2 aliphatic heterocycles. The number of anilines is 2. The van der Waals surface area contributed by atoms with Gasteiger partial charge < -0.3 is 5.32 Å². The van der Waals surface area contributed by atoms with E-state index in [9.17, 15) is 4.79 Å². The van der Waals surface area contributed by atoms with E-state index in [2.05, 4.69) is 32.1 Å². The van der Waals surface area contributed by atoms with Crippen molar-refractivity contribution in [2.75, 3.05) is 18.0 Å². The number of carbonyl (C=O) groups is 1. The van der Waals surface area contributed by atoms with Gasteiger partial charge in [-0.15, -0.1) is 0 Å². The molecule has 9 heteroatoms. The maximum atomic E-state index is 13.3. The van der Waals surface area contributed by atoms with Crippen LogP contribution in [0.4, 0.5) is 16.2 Å². The van der Waals surface area contributed by atoms with Crippen LogP contribution in [0.15, 0.2) is 73.1 Å². The highest BCUT2D eigenvalue weighted by Crippen LogP contribution is 2.45. The summed E-state index contributed by atoms with van der Waals surface area (Å²) in [5.41, 5.74) is 5.21. The average Bonchev–Trinajstić information content (AvgIpc) is 3.45. The summed E-state index contributed by atoms with van der Waals surface area (Å²) in [5, 5.41) is 8.90. The molecule has 38 heavy (non-hydrogen) atoms. The summed E-state index contributed by atoms with van der Waals surface area (Å²) in [6.07, 6.45) is 5.95. The Balaban J connectivity index is 1.41. The lowest BCUT2D eigenvalue weighted by molar-refractivity contribution is 0.173. The van der Waals surface area contributed by atoms with Crippen LogP contribution in [0.5, 0.6) is 0 Å².